The van der Waals surface area contributed by atoms with Crippen molar-refractivity contribution in [3.05, 3.63) is 101 Å². The van der Waals surface area contributed by atoms with Gasteiger partial charge in [-0.3, -0.25) is 14.6 Å². The van der Waals surface area contributed by atoms with Gasteiger partial charge in [-0.05, 0) is 67.1 Å². The Kier molecular flexibility index (Phi) is 9.03. The highest BCUT2D eigenvalue weighted by molar-refractivity contribution is 6.00. The van der Waals surface area contributed by atoms with E-state index in [1.165, 1.54) is 0 Å². The Morgan fingerprint density at radius 2 is 1.55 bits per heavy atom. The molecule has 1 aliphatic rings. The van der Waals surface area contributed by atoms with E-state index >= 15 is 0 Å². The lowest BCUT2D eigenvalue weighted by molar-refractivity contribution is 0.0613. The molecule has 0 atom stereocenters. The smallest absolute Gasteiger partial charge is 0.254 e. The average molecular weight is 632 g/mol. The SMILES string of the molecule is COc1ccc(-c2cnc(N)c(-c3ccc(-c4c(C(N)=O)c(=O)c(-c5ccc(C)cc5)cn4CC4CCOCC4)cn3)c2)cc1OC. The molecule has 5 aromatic rings. The molecule has 0 unspecified atom stereocenters. The number of nitrogens with two attached hydrogens (primary N) is 2. The molecule has 10 heteroatoms. The summed E-state index contributed by atoms with van der Waals surface area (Å²) < 4.78 is 18.4. The lowest BCUT2D eigenvalue weighted by atomic mass is 9.96. The Morgan fingerprint density at radius 1 is 0.872 bits per heavy atom. The van der Waals surface area contributed by atoms with E-state index in [1.807, 2.05) is 78.4 Å². The van der Waals surface area contributed by atoms with Crippen molar-refractivity contribution in [1.82, 2.24) is 14.5 Å². The molecular formula is C37H37N5O5. The number of methoxy groups -OCH3 is 2. The third-order valence-corrected chi connectivity index (χ3v) is 8.63. The van der Waals surface area contributed by atoms with Crippen LogP contribution < -0.4 is 26.4 Å². The summed E-state index contributed by atoms with van der Waals surface area (Å²) in [5.41, 5.74) is 17.9. The van der Waals surface area contributed by atoms with Crippen molar-refractivity contribution in [2.24, 2.45) is 11.7 Å². The molecule has 2 aromatic carbocycles. The summed E-state index contributed by atoms with van der Waals surface area (Å²) in [5, 5.41) is 0. The second-order valence-electron chi connectivity index (χ2n) is 11.7. The normalized spacial score (nSPS) is 13.3. The van der Waals surface area contributed by atoms with E-state index in [1.54, 1.807) is 26.6 Å². The highest BCUT2D eigenvalue weighted by atomic mass is 16.5. The van der Waals surface area contributed by atoms with E-state index in [0.29, 0.717) is 71.1 Å². The molecule has 240 valence electrons. The first kappa shape index (κ1) is 31.5. The van der Waals surface area contributed by atoms with Crippen LogP contribution in [0.4, 0.5) is 5.82 Å². The summed E-state index contributed by atoms with van der Waals surface area (Å²) in [5.74, 6) is 1.03. The number of hydrogen-bond acceptors (Lipinski definition) is 8. The molecule has 0 saturated carbocycles. The molecule has 1 aliphatic heterocycles. The molecule has 0 radical (unpaired) electrons. The minimum atomic E-state index is -0.792. The van der Waals surface area contributed by atoms with Gasteiger partial charge in [0.2, 0.25) is 5.43 Å². The number of pyridine rings is 3. The highest BCUT2D eigenvalue weighted by Gasteiger charge is 2.25. The molecule has 47 heavy (non-hydrogen) atoms. The van der Waals surface area contributed by atoms with Crippen LogP contribution in [0.15, 0.2) is 84.0 Å². The number of hydrogen-bond donors (Lipinski definition) is 2. The molecule has 1 saturated heterocycles. The number of anilines is 1. The monoisotopic (exact) mass is 631 g/mol. The number of nitrogens with zero attached hydrogens (tertiary/aromatic N) is 3. The van der Waals surface area contributed by atoms with Crippen LogP contribution in [-0.4, -0.2) is 47.9 Å². The van der Waals surface area contributed by atoms with Gasteiger partial charge in [-0.2, -0.15) is 0 Å². The topological polar surface area (TPSA) is 145 Å². The van der Waals surface area contributed by atoms with Crippen LogP contribution in [0.3, 0.4) is 0 Å². The quantitative estimate of drug-likeness (QED) is 0.210. The summed E-state index contributed by atoms with van der Waals surface area (Å²) >= 11 is 0. The van der Waals surface area contributed by atoms with Gasteiger partial charge in [-0.1, -0.05) is 35.9 Å². The van der Waals surface area contributed by atoms with Crippen LogP contribution in [0.5, 0.6) is 11.5 Å². The zero-order valence-electron chi connectivity index (χ0n) is 26.7. The van der Waals surface area contributed by atoms with Gasteiger partial charge in [0.1, 0.15) is 11.4 Å². The van der Waals surface area contributed by atoms with Gasteiger partial charge in [0, 0.05) is 60.6 Å². The molecule has 3 aromatic heterocycles. The van der Waals surface area contributed by atoms with Crippen molar-refractivity contribution in [1.29, 1.82) is 0 Å². The van der Waals surface area contributed by atoms with Gasteiger partial charge in [0.25, 0.3) is 5.91 Å². The molecular weight excluding hydrogens is 594 g/mol. The Bertz CT molecular complexity index is 1980. The number of carbonyl (C=O) groups is 1. The maximum absolute atomic E-state index is 13.9. The first-order valence-corrected chi connectivity index (χ1v) is 15.4. The van der Waals surface area contributed by atoms with Crippen molar-refractivity contribution in [2.45, 2.75) is 26.3 Å². The van der Waals surface area contributed by atoms with E-state index in [9.17, 15) is 9.59 Å². The minimum absolute atomic E-state index is 0.0682. The Balaban J connectivity index is 1.44. The predicted molar refractivity (Wildman–Crippen MR) is 182 cm³/mol. The van der Waals surface area contributed by atoms with Gasteiger partial charge in [0.15, 0.2) is 11.5 Å². The Labute approximate surface area is 273 Å². The summed E-state index contributed by atoms with van der Waals surface area (Å²) in [4.78, 5) is 36.1. The van der Waals surface area contributed by atoms with E-state index in [-0.39, 0.29) is 5.56 Å². The fourth-order valence-electron chi connectivity index (χ4n) is 6.04. The van der Waals surface area contributed by atoms with E-state index in [4.69, 9.17) is 30.7 Å². The van der Waals surface area contributed by atoms with E-state index < -0.39 is 11.3 Å². The summed E-state index contributed by atoms with van der Waals surface area (Å²) in [6, 6.07) is 18.8. The highest BCUT2D eigenvalue weighted by Crippen LogP contribution is 2.35. The average Bonchev–Trinajstić information content (AvgIpc) is 3.09. The van der Waals surface area contributed by atoms with Crippen LogP contribution >= 0.6 is 0 Å². The summed E-state index contributed by atoms with van der Waals surface area (Å²) in [6.45, 7) is 3.91. The molecule has 0 aliphatic carbocycles. The molecule has 4 N–H and O–H groups in total. The number of amides is 1. The fourth-order valence-corrected chi connectivity index (χ4v) is 6.04. The fraction of sp³-hybridized carbons (Fsp3) is 0.243. The van der Waals surface area contributed by atoms with Crippen molar-refractivity contribution in [3.8, 4) is 56.3 Å². The van der Waals surface area contributed by atoms with Gasteiger partial charge in [-0.15, -0.1) is 0 Å². The van der Waals surface area contributed by atoms with Crippen LogP contribution in [-0.2, 0) is 11.3 Å². The third-order valence-electron chi connectivity index (χ3n) is 8.63. The standard InChI is InChI=1S/C37H37N5O5/c1-22-4-6-24(7-5-22)29-21-42(20-23-12-14-47-15-13-23)34(33(35(29)43)37(39)44)26-8-10-30(40-18-26)28-16-27(19-41-36(28)38)25-9-11-31(45-2)32(17-25)46-3/h4-11,16-19,21,23H,12-15,20H2,1-3H3,(H2,38,41)(H2,39,44). The molecule has 4 heterocycles. The first-order valence-electron chi connectivity index (χ1n) is 15.4. The van der Waals surface area contributed by atoms with Crippen molar-refractivity contribution in [3.63, 3.8) is 0 Å². The molecule has 10 nitrogen and oxygen atoms in total. The maximum Gasteiger partial charge on any atom is 0.254 e. The Morgan fingerprint density at radius 3 is 2.21 bits per heavy atom. The van der Waals surface area contributed by atoms with Gasteiger partial charge >= 0.3 is 0 Å². The number of aromatic nitrogens is 3. The number of primary amides is 1. The number of nitrogen functional groups attached to an aromatic ring is 1. The molecule has 1 amide bonds. The van der Waals surface area contributed by atoms with Crippen molar-refractivity contribution >= 4 is 11.7 Å². The second kappa shape index (κ2) is 13.5. The van der Waals surface area contributed by atoms with Gasteiger partial charge < -0.3 is 30.2 Å². The summed E-state index contributed by atoms with van der Waals surface area (Å²) in [7, 11) is 3.17. The zero-order chi connectivity index (χ0) is 33.1. The van der Waals surface area contributed by atoms with Gasteiger partial charge in [0.05, 0.1) is 25.6 Å². The summed E-state index contributed by atoms with van der Waals surface area (Å²) in [6.07, 6.45) is 6.92. The molecule has 1 fully saturated rings. The Hall–Kier alpha value is -5.48. The third kappa shape index (κ3) is 6.45. The largest absolute Gasteiger partial charge is 0.493 e. The van der Waals surface area contributed by atoms with Crippen LogP contribution in [0.1, 0.15) is 28.8 Å². The van der Waals surface area contributed by atoms with E-state index in [2.05, 4.69) is 4.98 Å². The molecule has 6 rings (SSSR count). The van der Waals surface area contributed by atoms with E-state index in [0.717, 1.165) is 35.1 Å². The van der Waals surface area contributed by atoms with Crippen LogP contribution in [0, 0.1) is 12.8 Å². The van der Waals surface area contributed by atoms with Crippen LogP contribution in [0.25, 0.3) is 44.8 Å². The van der Waals surface area contributed by atoms with Gasteiger partial charge in [-0.25, -0.2) is 4.98 Å². The van der Waals surface area contributed by atoms with Crippen molar-refractivity contribution in [2.75, 3.05) is 33.2 Å². The lowest BCUT2D eigenvalue weighted by Gasteiger charge is -2.26. The zero-order valence-corrected chi connectivity index (χ0v) is 26.7. The molecule has 0 spiro atoms. The first-order chi connectivity index (χ1) is 22.8. The number of benzene rings is 2. The van der Waals surface area contributed by atoms with Crippen molar-refractivity contribution < 1.29 is 19.0 Å². The second-order valence-corrected chi connectivity index (χ2v) is 11.7. The number of rotatable bonds is 9. The molecule has 0 bridgehead atoms. The maximum atomic E-state index is 13.9. The van der Waals surface area contributed by atoms with Crippen LogP contribution in [0.2, 0.25) is 0 Å². The predicted octanol–water partition coefficient (Wildman–Crippen LogP) is 5.74. The number of ether oxygens (including phenoxy) is 3. The lowest BCUT2D eigenvalue weighted by Crippen LogP contribution is -2.29. The number of aryl methyl sites for hydroxylation is 1. The minimum Gasteiger partial charge on any atom is -0.493 e. The number of carbonyl (C=O) groups excluding carboxylic acids is 1.